The van der Waals surface area contributed by atoms with Gasteiger partial charge in [0.15, 0.2) is 0 Å². The van der Waals surface area contributed by atoms with Gasteiger partial charge in [-0.25, -0.2) is 4.68 Å². The zero-order valence-electron chi connectivity index (χ0n) is 16.0. The highest BCUT2D eigenvalue weighted by molar-refractivity contribution is 7.20. The molecule has 0 saturated carbocycles. The van der Waals surface area contributed by atoms with Gasteiger partial charge in [0.25, 0.3) is 5.91 Å². The molecule has 29 heavy (non-hydrogen) atoms. The molecule has 3 aromatic rings. The van der Waals surface area contributed by atoms with Crippen LogP contribution < -0.4 is 11.1 Å². The van der Waals surface area contributed by atoms with Crippen LogP contribution in [0.1, 0.15) is 28.2 Å². The summed E-state index contributed by atoms with van der Waals surface area (Å²) >= 11 is 7.75. The predicted octanol–water partition coefficient (Wildman–Crippen LogP) is 2.73. The topological polar surface area (TPSA) is 93.2 Å². The third-order valence-corrected chi connectivity index (χ3v) is 6.58. The van der Waals surface area contributed by atoms with Gasteiger partial charge in [0, 0.05) is 24.5 Å². The van der Waals surface area contributed by atoms with Crippen molar-refractivity contribution in [2.45, 2.75) is 25.8 Å². The van der Waals surface area contributed by atoms with Crippen LogP contribution in [0, 0.1) is 6.92 Å². The molecule has 2 aromatic heterocycles. The minimum atomic E-state index is -0.319. The molecule has 0 atom stereocenters. The van der Waals surface area contributed by atoms with E-state index in [2.05, 4.69) is 10.4 Å². The van der Waals surface area contributed by atoms with Crippen LogP contribution in [0.5, 0.6) is 0 Å². The number of thiophene rings is 1. The summed E-state index contributed by atoms with van der Waals surface area (Å²) in [5.74, 6) is -0.398. The number of fused-ring (bicyclic) bond motifs is 1. The lowest BCUT2D eigenvalue weighted by atomic mass is 10.0. The molecule has 4 rings (SSSR count). The summed E-state index contributed by atoms with van der Waals surface area (Å²) in [7, 11) is 0. The predicted molar refractivity (Wildman–Crippen MR) is 115 cm³/mol. The second-order valence-electron chi connectivity index (χ2n) is 7.27. The number of aryl methyl sites for hydroxylation is 1. The summed E-state index contributed by atoms with van der Waals surface area (Å²) in [6.45, 7) is 3.70. The zero-order valence-corrected chi connectivity index (χ0v) is 17.6. The van der Waals surface area contributed by atoms with Crippen LogP contribution in [-0.4, -0.2) is 52.2 Å². The molecule has 0 bridgehead atoms. The van der Waals surface area contributed by atoms with E-state index in [-0.39, 0.29) is 24.4 Å². The third kappa shape index (κ3) is 4.14. The molecule has 1 aliphatic rings. The van der Waals surface area contributed by atoms with Crippen molar-refractivity contribution in [3.05, 3.63) is 45.9 Å². The Bertz CT molecular complexity index is 1070. The lowest BCUT2D eigenvalue weighted by Crippen LogP contribution is -2.46. The van der Waals surface area contributed by atoms with Crippen molar-refractivity contribution in [2.24, 2.45) is 5.73 Å². The second-order valence-corrected chi connectivity index (χ2v) is 8.71. The number of nitrogens with one attached hydrogen (secondary N) is 1. The minimum Gasteiger partial charge on any atom is -0.369 e. The average molecular weight is 432 g/mol. The van der Waals surface area contributed by atoms with Gasteiger partial charge in [-0.3, -0.25) is 14.5 Å². The number of rotatable bonds is 5. The van der Waals surface area contributed by atoms with Gasteiger partial charge in [0.2, 0.25) is 5.91 Å². The van der Waals surface area contributed by atoms with Crippen molar-refractivity contribution in [2.75, 3.05) is 19.6 Å². The van der Waals surface area contributed by atoms with Crippen LogP contribution in [0.4, 0.5) is 0 Å². The summed E-state index contributed by atoms with van der Waals surface area (Å²) in [5.41, 5.74) is 6.90. The van der Waals surface area contributed by atoms with E-state index in [0.29, 0.717) is 9.90 Å². The Kier molecular flexibility index (Phi) is 5.58. The van der Waals surface area contributed by atoms with E-state index in [9.17, 15) is 9.59 Å². The van der Waals surface area contributed by atoms with Gasteiger partial charge in [-0.05, 0) is 38.0 Å². The first kappa shape index (κ1) is 19.9. The Morgan fingerprint density at radius 3 is 2.72 bits per heavy atom. The van der Waals surface area contributed by atoms with Crippen molar-refractivity contribution in [1.82, 2.24) is 20.0 Å². The maximum atomic E-state index is 12.8. The lowest BCUT2D eigenvalue weighted by molar-refractivity contribution is -0.119. The number of hydrogen-bond donors (Lipinski definition) is 2. The van der Waals surface area contributed by atoms with Crippen LogP contribution in [0.25, 0.3) is 15.9 Å². The minimum absolute atomic E-state index is 0.0790. The van der Waals surface area contributed by atoms with E-state index in [1.54, 1.807) is 4.68 Å². The van der Waals surface area contributed by atoms with Crippen molar-refractivity contribution < 1.29 is 9.59 Å². The molecule has 2 amide bonds. The first-order chi connectivity index (χ1) is 13.9. The second kappa shape index (κ2) is 8.14. The Hall–Kier alpha value is -2.42. The maximum absolute atomic E-state index is 12.8. The molecule has 9 heteroatoms. The van der Waals surface area contributed by atoms with Gasteiger partial charge >= 0.3 is 0 Å². The monoisotopic (exact) mass is 431 g/mol. The number of likely N-dealkylation sites (tertiary alicyclic amines) is 1. The highest BCUT2D eigenvalue weighted by Crippen LogP contribution is 2.32. The van der Waals surface area contributed by atoms with Gasteiger partial charge < -0.3 is 11.1 Å². The number of halogens is 1. The molecular formula is C20H22ClN5O2S. The Labute approximate surface area is 177 Å². The quantitative estimate of drug-likeness (QED) is 0.649. The molecule has 152 valence electrons. The SMILES string of the molecule is Cc1nn(-c2ccccc2Cl)c2sc(C(=O)NC3CCN(CC(N)=O)CC3)cc12. The number of para-hydroxylation sites is 1. The third-order valence-electron chi connectivity index (χ3n) is 5.15. The molecule has 1 fully saturated rings. The van der Waals surface area contributed by atoms with Gasteiger partial charge in [-0.2, -0.15) is 5.10 Å². The number of hydrogen-bond acceptors (Lipinski definition) is 5. The molecule has 7 nitrogen and oxygen atoms in total. The van der Waals surface area contributed by atoms with Crippen LogP contribution in [0.3, 0.4) is 0 Å². The largest absolute Gasteiger partial charge is 0.369 e. The molecule has 3 heterocycles. The fourth-order valence-electron chi connectivity index (χ4n) is 3.66. The number of nitrogens with two attached hydrogens (primary N) is 1. The van der Waals surface area contributed by atoms with Crippen molar-refractivity contribution in [3.63, 3.8) is 0 Å². The molecule has 0 spiro atoms. The van der Waals surface area contributed by atoms with E-state index < -0.39 is 0 Å². The summed E-state index contributed by atoms with van der Waals surface area (Å²) < 4.78 is 1.80. The van der Waals surface area contributed by atoms with E-state index in [1.165, 1.54) is 11.3 Å². The molecule has 0 unspecified atom stereocenters. The van der Waals surface area contributed by atoms with Crippen molar-refractivity contribution >= 4 is 45.0 Å². The molecule has 0 radical (unpaired) electrons. The van der Waals surface area contributed by atoms with E-state index in [0.717, 1.165) is 47.5 Å². The fraction of sp³-hybridized carbons (Fsp3) is 0.350. The van der Waals surface area contributed by atoms with Crippen LogP contribution in [0.2, 0.25) is 5.02 Å². The molecule has 1 aliphatic heterocycles. The lowest BCUT2D eigenvalue weighted by Gasteiger charge is -2.31. The molecule has 0 aliphatic carbocycles. The smallest absolute Gasteiger partial charge is 0.261 e. The van der Waals surface area contributed by atoms with Crippen LogP contribution in [-0.2, 0) is 4.79 Å². The van der Waals surface area contributed by atoms with Gasteiger partial charge in [-0.1, -0.05) is 23.7 Å². The average Bonchev–Trinajstić information content (AvgIpc) is 3.24. The number of aromatic nitrogens is 2. The Morgan fingerprint density at radius 1 is 1.31 bits per heavy atom. The number of nitrogens with zero attached hydrogens (tertiary/aromatic N) is 3. The normalized spacial score (nSPS) is 15.7. The van der Waals surface area contributed by atoms with Gasteiger partial charge in [-0.15, -0.1) is 11.3 Å². The summed E-state index contributed by atoms with van der Waals surface area (Å²) in [4.78, 5) is 27.4. The van der Waals surface area contributed by atoms with Gasteiger partial charge in [0.05, 0.1) is 27.8 Å². The standard InChI is InChI=1S/C20H22ClN5O2S/c1-12-14-10-17(19(28)23-13-6-8-25(9-7-13)11-18(22)27)29-20(14)26(24-12)16-5-3-2-4-15(16)21/h2-5,10,13H,6-9,11H2,1H3,(H2,22,27)(H,23,28). The summed E-state index contributed by atoms with van der Waals surface area (Å²) in [6, 6.07) is 9.52. The number of primary amides is 1. The summed E-state index contributed by atoms with van der Waals surface area (Å²) in [6.07, 6.45) is 1.60. The zero-order chi connectivity index (χ0) is 20.5. The molecule has 3 N–H and O–H groups in total. The van der Waals surface area contributed by atoms with E-state index in [1.807, 2.05) is 42.2 Å². The highest BCUT2D eigenvalue weighted by Gasteiger charge is 2.24. The fourth-order valence-corrected chi connectivity index (χ4v) is 4.95. The molecular weight excluding hydrogens is 410 g/mol. The number of amides is 2. The maximum Gasteiger partial charge on any atom is 0.261 e. The summed E-state index contributed by atoms with van der Waals surface area (Å²) in [5, 5.41) is 9.28. The number of piperidine rings is 1. The van der Waals surface area contributed by atoms with E-state index in [4.69, 9.17) is 17.3 Å². The van der Waals surface area contributed by atoms with Gasteiger partial charge in [0.1, 0.15) is 4.83 Å². The first-order valence-electron chi connectivity index (χ1n) is 9.48. The van der Waals surface area contributed by atoms with E-state index >= 15 is 0 Å². The van der Waals surface area contributed by atoms with Crippen molar-refractivity contribution in [1.29, 1.82) is 0 Å². The molecule has 1 saturated heterocycles. The number of benzene rings is 1. The van der Waals surface area contributed by atoms with Crippen molar-refractivity contribution in [3.8, 4) is 5.69 Å². The Balaban J connectivity index is 1.50. The van der Waals surface area contributed by atoms with Crippen LogP contribution in [0.15, 0.2) is 30.3 Å². The molecule has 1 aromatic carbocycles. The highest BCUT2D eigenvalue weighted by atomic mass is 35.5. The van der Waals surface area contributed by atoms with Crippen LogP contribution >= 0.6 is 22.9 Å². The first-order valence-corrected chi connectivity index (χ1v) is 10.7. The number of carbonyl (C=O) groups excluding carboxylic acids is 2. The number of carbonyl (C=O) groups is 2. The Morgan fingerprint density at radius 2 is 2.03 bits per heavy atom.